The number of piperidine rings is 1. The van der Waals surface area contributed by atoms with E-state index in [0.29, 0.717) is 6.54 Å². The highest BCUT2D eigenvalue weighted by Crippen LogP contribution is 2.25. The molecule has 1 aliphatic heterocycles. The Morgan fingerprint density at radius 3 is 2.82 bits per heavy atom. The zero-order valence-electron chi connectivity index (χ0n) is 10.6. The predicted octanol–water partition coefficient (Wildman–Crippen LogP) is 1.45. The second-order valence-electron chi connectivity index (χ2n) is 5.25. The summed E-state index contributed by atoms with van der Waals surface area (Å²) in [4.78, 5) is 6.53. The summed E-state index contributed by atoms with van der Waals surface area (Å²) in [5.74, 6) is 0. The molecule has 17 heavy (non-hydrogen) atoms. The first kappa shape index (κ1) is 12.3. The molecular weight excluding hydrogens is 214 g/mol. The van der Waals surface area contributed by atoms with Crippen molar-refractivity contribution in [1.29, 1.82) is 0 Å². The lowest BCUT2D eigenvalue weighted by Gasteiger charge is -2.38. The Balaban J connectivity index is 2.12. The van der Waals surface area contributed by atoms with Gasteiger partial charge in [0.15, 0.2) is 0 Å². The maximum atomic E-state index is 10.1. The van der Waals surface area contributed by atoms with Crippen LogP contribution in [0.5, 0.6) is 0 Å². The van der Waals surface area contributed by atoms with Crippen LogP contribution in [0.2, 0.25) is 0 Å². The lowest BCUT2D eigenvalue weighted by Crippen LogP contribution is -2.46. The highest BCUT2D eigenvalue weighted by Gasteiger charge is 2.28. The number of hydrogen-bond acceptors (Lipinski definition) is 4. The topological polar surface area (TPSA) is 62.4 Å². The van der Waals surface area contributed by atoms with Crippen LogP contribution in [0, 0.1) is 0 Å². The molecule has 1 aliphatic rings. The van der Waals surface area contributed by atoms with Gasteiger partial charge < -0.3 is 15.7 Å². The van der Waals surface area contributed by atoms with E-state index in [-0.39, 0.29) is 6.04 Å². The van der Waals surface area contributed by atoms with Crippen molar-refractivity contribution < 1.29 is 5.11 Å². The maximum absolute atomic E-state index is 10.1. The van der Waals surface area contributed by atoms with E-state index < -0.39 is 5.60 Å². The Hall–Kier alpha value is -1.13. The average Bonchev–Trinajstić information content (AvgIpc) is 2.28. The third-order valence-corrected chi connectivity index (χ3v) is 3.28. The van der Waals surface area contributed by atoms with Crippen molar-refractivity contribution in [3.05, 3.63) is 24.0 Å². The first-order valence-corrected chi connectivity index (χ1v) is 6.17. The highest BCUT2D eigenvalue weighted by molar-refractivity contribution is 5.45. The number of nitrogens with zero attached hydrogens (tertiary/aromatic N) is 2. The van der Waals surface area contributed by atoms with Crippen LogP contribution < -0.4 is 10.6 Å². The fourth-order valence-electron chi connectivity index (χ4n) is 2.29. The van der Waals surface area contributed by atoms with Crippen LogP contribution in [-0.2, 0) is 0 Å². The first-order valence-electron chi connectivity index (χ1n) is 6.17. The molecule has 1 fully saturated rings. The van der Waals surface area contributed by atoms with Gasteiger partial charge in [0.2, 0.25) is 0 Å². The summed E-state index contributed by atoms with van der Waals surface area (Å²) in [5.41, 5.74) is 7.15. The van der Waals surface area contributed by atoms with Gasteiger partial charge in [0, 0.05) is 19.1 Å². The van der Waals surface area contributed by atoms with E-state index in [1.165, 1.54) is 0 Å². The van der Waals surface area contributed by atoms with Gasteiger partial charge in [-0.05, 0) is 38.8 Å². The molecule has 4 nitrogen and oxygen atoms in total. The van der Waals surface area contributed by atoms with Gasteiger partial charge in [0.05, 0.1) is 23.2 Å². The van der Waals surface area contributed by atoms with Crippen LogP contribution in [-0.4, -0.2) is 28.8 Å². The SMILES string of the molecule is C[C@@H](N)c1ccc(N2CCCC(C)(O)C2)cn1. The van der Waals surface area contributed by atoms with E-state index in [1.54, 1.807) is 0 Å². The van der Waals surface area contributed by atoms with Crippen molar-refractivity contribution in [2.24, 2.45) is 5.73 Å². The van der Waals surface area contributed by atoms with Gasteiger partial charge in [-0.1, -0.05) is 0 Å². The Morgan fingerprint density at radius 1 is 1.53 bits per heavy atom. The second-order valence-corrected chi connectivity index (χ2v) is 5.25. The third kappa shape index (κ3) is 2.96. The van der Waals surface area contributed by atoms with E-state index in [0.717, 1.165) is 30.8 Å². The summed E-state index contributed by atoms with van der Waals surface area (Å²) < 4.78 is 0. The van der Waals surface area contributed by atoms with Gasteiger partial charge >= 0.3 is 0 Å². The second kappa shape index (κ2) is 4.63. The molecule has 0 spiro atoms. The van der Waals surface area contributed by atoms with Crippen molar-refractivity contribution in [1.82, 2.24) is 4.98 Å². The fraction of sp³-hybridized carbons (Fsp3) is 0.615. The molecule has 3 N–H and O–H groups in total. The average molecular weight is 235 g/mol. The molecule has 1 unspecified atom stereocenters. The van der Waals surface area contributed by atoms with E-state index >= 15 is 0 Å². The minimum Gasteiger partial charge on any atom is -0.388 e. The van der Waals surface area contributed by atoms with E-state index in [2.05, 4.69) is 9.88 Å². The normalized spacial score (nSPS) is 26.9. The van der Waals surface area contributed by atoms with E-state index in [1.807, 2.05) is 32.2 Å². The summed E-state index contributed by atoms with van der Waals surface area (Å²) >= 11 is 0. The largest absolute Gasteiger partial charge is 0.388 e. The molecule has 94 valence electrons. The van der Waals surface area contributed by atoms with E-state index in [9.17, 15) is 5.11 Å². The monoisotopic (exact) mass is 235 g/mol. The first-order chi connectivity index (χ1) is 7.98. The molecule has 1 aromatic heterocycles. The summed E-state index contributed by atoms with van der Waals surface area (Å²) in [6.07, 6.45) is 3.73. The molecule has 2 rings (SSSR count). The molecule has 4 heteroatoms. The summed E-state index contributed by atoms with van der Waals surface area (Å²) in [5, 5.41) is 10.1. The number of aromatic nitrogens is 1. The molecule has 0 amide bonds. The molecule has 1 aromatic rings. The number of β-amino-alcohol motifs (C(OH)–C–C–N with tert-alkyl or cyclic N) is 1. The van der Waals surface area contributed by atoms with Crippen LogP contribution in [0.15, 0.2) is 18.3 Å². The molecule has 2 heterocycles. The summed E-state index contributed by atoms with van der Waals surface area (Å²) in [6.45, 7) is 5.47. The standard InChI is InChI=1S/C13H21N3O/c1-10(14)12-5-4-11(8-15-12)16-7-3-6-13(2,17)9-16/h4-5,8,10,17H,3,6-7,9,14H2,1-2H3/t10-,13?/m1/s1. The molecule has 2 atom stereocenters. The van der Waals surface area contributed by atoms with Gasteiger partial charge in [-0.15, -0.1) is 0 Å². The lowest BCUT2D eigenvalue weighted by molar-refractivity contribution is 0.0449. The Kier molecular flexibility index (Phi) is 3.35. The van der Waals surface area contributed by atoms with Crippen molar-refractivity contribution >= 4 is 5.69 Å². The van der Waals surface area contributed by atoms with Gasteiger partial charge in [-0.3, -0.25) is 4.98 Å². The number of hydrogen-bond donors (Lipinski definition) is 2. The van der Waals surface area contributed by atoms with Crippen LogP contribution >= 0.6 is 0 Å². The number of aliphatic hydroxyl groups is 1. The molecule has 1 saturated heterocycles. The smallest absolute Gasteiger partial charge is 0.0794 e. The Bertz CT molecular complexity index is 373. The van der Waals surface area contributed by atoms with Gasteiger partial charge in [0.25, 0.3) is 0 Å². The summed E-state index contributed by atoms with van der Waals surface area (Å²) in [6, 6.07) is 3.96. The number of anilines is 1. The van der Waals surface area contributed by atoms with Crippen LogP contribution in [0.4, 0.5) is 5.69 Å². The molecule has 0 aliphatic carbocycles. The number of rotatable bonds is 2. The van der Waals surface area contributed by atoms with Gasteiger partial charge in [-0.25, -0.2) is 0 Å². The third-order valence-electron chi connectivity index (χ3n) is 3.28. The van der Waals surface area contributed by atoms with Crippen molar-refractivity contribution in [3.8, 4) is 0 Å². The van der Waals surface area contributed by atoms with Crippen LogP contribution in [0.25, 0.3) is 0 Å². The van der Waals surface area contributed by atoms with Crippen molar-refractivity contribution in [3.63, 3.8) is 0 Å². The Labute approximate surface area is 102 Å². The van der Waals surface area contributed by atoms with Gasteiger partial charge in [-0.2, -0.15) is 0 Å². The summed E-state index contributed by atoms with van der Waals surface area (Å²) in [7, 11) is 0. The highest BCUT2D eigenvalue weighted by atomic mass is 16.3. The zero-order chi connectivity index (χ0) is 12.5. The minimum atomic E-state index is -0.585. The van der Waals surface area contributed by atoms with E-state index in [4.69, 9.17) is 5.73 Å². The fourth-order valence-corrected chi connectivity index (χ4v) is 2.29. The number of pyridine rings is 1. The zero-order valence-corrected chi connectivity index (χ0v) is 10.6. The van der Waals surface area contributed by atoms with Crippen molar-refractivity contribution in [2.45, 2.75) is 38.3 Å². The predicted molar refractivity (Wildman–Crippen MR) is 68.9 cm³/mol. The lowest BCUT2D eigenvalue weighted by atomic mass is 9.95. The van der Waals surface area contributed by atoms with Crippen LogP contribution in [0.3, 0.4) is 0 Å². The molecule has 0 radical (unpaired) electrons. The quantitative estimate of drug-likeness (QED) is 0.814. The number of nitrogens with two attached hydrogens (primary N) is 1. The molecule has 0 saturated carbocycles. The molecule has 0 bridgehead atoms. The van der Waals surface area contributed by atoms with Gasteiger partial charge in [0.1, 0.15) is 0 Å². The minimum absolute atomic E-state index is 0.0338. The Morgan fingerprint density at radius 2 is 2.29 bits per heavy atom. The van der Waals surface area contributed by atoms with Crippen LogP contribution in [0.1, 0.15) is 38.4 Å². The maximum Gasteiger partial charge on any atom is 0.0794 e. The van der Waals surface area contributed by atoms with Crippen molar-refractivity contribution in [2.75, 3.05) is 18.0 Å². The molecular formula is C13H21N3O. The molecule has 0 aromatic carbocycles.